The number of hydrogen-bond donors (Lipinski definition) is 1. The van der Waals surface area contributed by atoms with Gasteiger partial charge in [0.1, 0.15) is 5.82 Å². The van der Waals surface area contributed by atoms with E-state index in [9.17, 15) is 9.18 Å². The van der Waals surface area contributed by atoms with Crippen LogP contribution in [0.5, 0.6) is 0 Å². The number of hydrogen-bond acceptors (Lipinski definition) is 3. The fraction of sp³-hybridized carbons (Fsp3) is 0.367. The average Bonchev–Trinajstić information content (AvgIpc) is 3.54. The Morgan fingerprint density at radius 2 is 1.71 bits per heavy atom. The van der Waals surface area contributed by atoms with Crippen LogP contribution in [0.2, 0.25) is 5.02 Å². The summed E-state index contributed by atoms with van der Waals surface area (Å²) in [5, 5.41) is 12.8. The predicted molar refractivity (Wildman–Crippen MR) is 144 cm³/mol. The number of amides is 1. The number of carbonyl (C=O) groups is 1. The second-order valence-corrected chi connectivity index (χ2v) is 11.9. The summed E-state index contributed by atoms with van der Waals surface area (Å²) in [6.45, 7) is 0.172. The number of anilines is 1. The molecule has 4 aromatic rings. The fourth-order valence-electron chi connectivity index (χ4n) is 7.60. The van der Waals surface area contributed by atoms with Crippen LogP contribution in [0, 0.1) is 23.6 Å². The van der Waals surface area contributed by atoms with Crippen LogP contribution in [0.4, 0.5) is 10.1 Å². The Morgan fingerprint density at radius 3 is 2.39 bits per heavy atom. The summed E-state index contributed by atoms with van der Waals surface area (Å²) >= 11 is 6.19. The highest BCUT2D eigenvalue weighted by atomic mass is 35.5. The second-order valence-electron chi connectivity index (χ2n) is 11.5. The molecule has 8 rings (SSSR count). The molecule has 0 unspecified atom stereocenters. The smallest absolute Gasteiger partial charge is 0.259 e. The Balaban J connectivity index is 1.20. The van der Waals surface area contributed by atoms with Gasteiger partial charge in [0.05, 0.1) is 35.4 Å². The molecule has 6 nitrogen and oxygen atoms in total. The van der Waals surface area contributed by atoms with E-state index < -0.39 is 0 Å². The highest BCUT2D eigenvalue weighted by molar-refractivity contribution is 6.31. The summed E-state index contributed by atoms with van der Waals surface area (Å²) in [4.78, 5) is 13.8. The number of rotatable bonds is 6. The lowest BCUT2D eigenvalue weighted by atomic mass is 9.48. The summed E-state index contributed by atoms with van der Waals surface area (Å²) in [6, 6.07) is 14.6. The Labute approximate surface area is 225 Å². The minimum Gasteiger partial charge on any atom is -0.319 e. The molecular weight excluding hydrogens is 501 g/mol. The minimum absolute atomic E-state index is 0.0345. The lowest BCUT2D eigenvalue weighted by molar-refractivity contribution is -0.00765. The van der Waals surface area contributed by atoms with Crippen LogP contribution in [0.15, 0.2) is 67.1 Å². The first-order valence-corrected chi connectivity index (χ1v) is 13.8. The summed E-state index contributed by atoms with van der Waals surface area (Å²) in [5.74, 6) is 1.64. The Bertz CT molecular complexity index is 1450. The van der Waals surface area contributed by atoms with Crippen molar-refractivity contribution >= 4 is 23.2 Å². The van der Waals surface area contributed by atoms with Gasteiger partial charge in [0.15, 0.2) is 0 Å². The number of para-hydroxylation sites is 1. The maximum Gasteiger partial charge on any atom is 0.259 e. The van der Waals surface area contributed by atoms with Crippen LogP contribution in [-0.2, 0) is 12.0 Å². The van der Waals surface area contributed by atoms with Crippen molar-refractivity contribution in [3.8, 4) is 5.69 Å². The van der Waals surface area contributed by atoms with E-state index in [1.54, 1.807) is 29.2 Å². The number of nitrogens with zero attached hydrogens (tertiary/aromatic N) is 4. The lowest BCUT2D eigenvalue weighted by Gasteiger charge is -2.56. The molecule has 194 valence electrons. The van der Waals surface area contributed by atoms with Gasteiger partial charge in [-0.25, -0.2) is 9.07 Å². The van der Waals surface area contributed by atoms with Gasteiger partial charge in [0.2, 0.25) is 0 Å². The van der Waals surface area contributed by atoms with Crippen LogP contribution in [-0.4, -0.2) is 25.5 Å². The highest BCUT2D eigenvalue weighted by Crippen LogP contribution is 2.61. The normalized spacial score (nSPS) is 25.6. The van der Waals surface area contributed by atoms with Crippen LogP contribution < -0.4 is 5.32 Å². The van der Waals surface area contributed by atoms with Gasteiger partial charge in [-0.2, -0.15) is 10.2 Å². The quantitative estimate of drug-likeness (QED) is 0.305. The summed E-state index contributed by atoms with van der Waals surface area (Å²) in [5.41, 5.74) is 3.37. The third-order valence-electron chi connectivity index (χ3n) is 8.79. The van der Waals surface area contributed by atoms with Gasteiger partial charge >= 0.3 is 0 Å². The average molecular weight is 530 g/mol. The zero-order valence-corrected chi connectivity index (χ0v) is 21.7. The van der Waals surface area contributed by atoms with Crippen LogP contribution in [0.25, 0.3) is 5.69 Å². The third-order valence-corrected chi connectivity index (χ3v) is 9.15. The van der Waals surface area contributed by atoms with E-state index in [-0.39, 0.29) is 23.7 Å². The van der Waals surface area contributed by atoms with Gasteiger partial charge in [-0.1, -0.05) is 35.9 Å². The molecule has 0 atom stereocenters. The molecule has 4 aliphatic carbocycles. The molecule has 0 saturated heterocycles. The molecule has 1 amide bonds. The molecule has 4 saturated carbocycles. The molecule has 2 heterocycles. The van der Waals surface area contributed by atoms with Crippen LogP contribution in [0.1, 0.15) is 60.1 Å². The van der Waals surface area contributed by atoms with Crippen molar-refractivity contribution in [2.45, 2.75) is 50.5 Å². The van der Waals surface area contributed by atoms with Gasteiger partial charge in [-0.05, 0) is 80.5 Å². The minimum atomic E-state index is -0.382. The third kappa shape index (κ3) is 4.13. The summed E-state index contributed by atoms with van der Waals surface area (Å²) < 4.78 is 17.7. The summed E-state index contributed by atoms with van der Waals surface area (Å²) in [7, 11) is 0. The molecule has 4 aliphatic rings. The Hall–Kier alpha value is -3.45. The van der Waals surface area contributed by atoms with Crippen molar-refractivity contribution in [3.05, 3.63) is 94.8 Å². The molecule has 4 fully saturated rings. The zero-order chi connectivity index (χ0) is 25.9. The standard InChI is InChI=1S/C30H29ClFN5O/c31-26-7-4-8-27(32)24(26)17-36-16-22(15-33-36)34-29(38)25-18-37(23-5-2-1-3-6-23)35-28(25)30-12-19-9-20(13-30)11-21(10-19)14-30/h1-8,15-16,18-21H,9-14,17H2,(H,34,38). The SMILES string of the molecule is O=C(Nc1cnn(Cc2c(F)cccc2Cl)c1)c1cn(-c2ccccc2)nc1C12CC3CC(CC(C3)C1)C2. The number of benzene rings is 2. The molecule has 0 spiro atoms. The monoisotopic (exact) mass is 529 g/mol. The summed E-state index contributed by atoms with van der Waals surface area (Å²) in [6.07, 6.45) is 12.5. The van der Waals surface area contributed by atoms with Gasteiger partial charge in [0, 0.05) is 28.4 Å². The first-order valence-electron chi connectivity index (χ1n) is 13.4. The van der Waals surface area contributed by atoms with E-state index in [2.05, 4.69) is 10.4 Å². The van der Waals surface area contributed by atoms with Crippen LogP contribution >= 0.6 is 11.6 Å². The van der Waals surface area contributed by atoms with Gasteiger partial charge < -0.3 is 5.32 Å². The molecule has 0 radical (unpaired) electrons. The zero-order valence-electron chi connectivity index (χ0n) is 21.0. The van der Waals surface area contributed by atoms with Crippen molar-refractivity contribution in [1.82, 2.24) is 19.6 Å². The second kappa shape index (κ2) is 9.09. The fourth-order valence-corrected chi connectivity index (χ4v) is 7.83. The van der Waals surface area contributed by atoms with Crippen molar-refractivity contribution in [2.24, 2.45) is 17.8 Å². The number of carbonyl (C=O) groups excluding carboxylic acids is 1. The maximum absolute atomic E-state index is 14.3. The largest absolute Gasteiger partial charge is 0.319 e. The Kier molecular flexibility index (Phi) is 5.65. The lowest BCUT2D eigenvalue weighted by Crippen LogP contribution is -2.49. The predicted octanol–water partition coefficient (Wildman–Crippen LogP) is 6.63. The first-order chi connectivity index (χ1) is 18.5. The van der Waals surface area contributed by atoms with Gasteiger partial charge in [-0.3, -0.25) is 9.48 Å². The van der Waals surface area contributed by atoms with E-state index in [1.165, 1.54) is 25.3 Å². The number of nitrogens with one attached hydrogen (secondary N) is 1. The number of aromatic nitrogens is 4. The van der Waals surface area contributed by atoms with Gasteiger partial charge in [-0.15, -0.1) is 0 Å². The molecule has 8 heteroatoms. The van der Waals surface area contributed by atoms with Crippen molar-refractivity contribution in [2.75, 3.05) is 5.32 Å². The van der Waals surface area contributed by atoms with E-state index in [0.717, 1.165) is 48.4 Å². The van der Waals surface area contributed by atoms with E-state index in [4.69, 9.17) is 16.7 Å². The van der Waals surface area contributed by atoms with E-state index in [0.29, 0.717) is 21.8 Å². The maximum atomic E-state index is 14.3. The van der Waals surface area contributed by atoms with Crippen molar-refractivity contribution < 1.29 is 9.18 Å². The Morgan fingerprint density at radius 1 is 1.00 bits per heavy atom. The van der Waals surface area contributed by atoms with E-state index in [1.807, 2.05) is 41.2 Å². The molecule has 4 bridgehead atoms. The van der Waals surface area contributed by atoms with Crippen LogP contribution in [0.3, 0.4) is 0 Å². The van der Waals surface area contributed by atoms with E-state index >= 15 is 0 Å². The first kappa shape index (κ1) is 23.7. The molecule has 2 aromatic carbocycles. The molecule has 2 aromatic heterocycles. The number of halogens is 2. The van der Waals surface area contributed by atoms with Gasteiger partial charge in [0.25, 0.3) is 5.91 Å². The van der Waals surface area contributed by atoms with Crippen molar-refractivity contribution in [1.29, 1.82) is 0 Å². The molecule has 0 aliphatic heterocycles. The molecule has 1 N–H and O–H groups in total. The molecule has 38 heavy (non-hydrogen) atoms. The topological polar surface area (TPSA) is 64.7 Å². The highest BCUT2D eigenvalue weighted by Gasteiger charge is 2.54. The molecular formula is C30H29ClFN5O. The van der Waals surface area contributed by atoms with Crippen molar-refractivity contribution in [3.63, 3.8) is 0 Å².